The standard InChI is InChI=1S/C39H48ClN5O8S/c1-23-32-27(28-19-25(40)13-14-29(28)41-23)15-16-38(53-32)21-31-33(46)43-39(35(48)44-54(50,51)37(2)17-18-37)20-24(39)9-6-4-3-5-7-12-30(34(47)45(31)22-38)42-36(49)52-26-10-8-11-26/h6,9,13-14,19,24,26,30-31H,3-5,7-8,10-12,15-18,20-22H2,1-2H3,(H,42,49)(H,43,46)(H,44,48)/b9-6-/t24-,30+,31+,38-,39-/m1/s1. The van der Waals surface area contributed by atoms with Crippen LogP contribution in [0.25, 0.3) is 10.9 Å². The molecule has 3 aliphatic carbocycles. The van der Waals surface area contributed by atoms with Crippen LogP contribution in [0.3, 0.4) is 0 Å². The maximum Gasteiger partial charge on any atom is 0.408 e. The molecule has 4 heterocycles. The summed E-state index contributed by atoms with van der Waals surface area (Å²) in [6.07, 6.45) is 11.2. The van der Waals surface area contributed by atoms with Gasteiger partial charge >= 0.3 is 6.09 Å². The molecule has 0 unspecified atom stereocenters. The Bertz CT molecular complexity index is 2050. The molecule has 54 heavy (non-hydrogen) atoms. The molecule has 0 radical (unpaired) electrons. The topological polar surface area (TPSA) is 173 Å². The maximum atomic E-state index is 14.7. The first kappa shape index (κ1) is 37.0. The highest BCUT2D eigenvalue weighted by Gasteiger charge is 2.64. The van der Waals surface area contributed by atoms with Gasteiger partial charge in [0.2, 0.25) is 21.8 Å². The van der Waals surface area contributed by atoms with Gasteiger partial charge in [0.15, 0.2) is 0 Å². The van der Waals surface area contributed by atoms with Crippen molar-refractivity contribution in [3.8, 4) is 5.75 Å². The van der Waals surface area contributed by atoms with Crippen LogP contribution >= 0.6 is 11.6 Å². The fourth-order valence-corrected chi connectivity index (χ4v) is 9.96. The van der Waals surface area contributed by atoms with Crippen molar-refractivity contribution in [2.45, 2.75) is 138 Å². The molecule has 4 amide bonds. The summed E-state index contributed by atoms with van der Waals surface area (Å²) in [5.41, 5.74) is -0.0574. The van der Waals surface area contributed by atoms with Crippen molar-refractivity contribution in [2.75, 3.05) is 6.54 Å². The van der Waals surface area contributed by atoms with Crippen molar-refractivity contribution in [1.82, 2.24) is 25.2 Å². The molecule has 1 saturated heterocycles. The van der Waals surface area contributed by atoms with E-state index in [0.29, 0.717) is 61.4 Å². The van der Waals surface area contributed by atoms with Gasteiger partial charge in [-0.3, -0.25) is 19.1 Å². The number of carbonyl (C=O) groups excluding carboxylic acids is 4. The van der Waals surface area contributed by atoms with Crippen LogP contribution < -0.4 is 20.1 Å². The fourth-order valence-electron chi connectivity index (χ4n) is 8.48. The average molecular weight is 782 g/mol. The lowest BCUT2D eigenvalue weighted by atomic mass is 9.87. The van der Waals surface area contributed by atoms with Gasteiger partial charge in [-0.05, 0) is 103 Å². The minimum atomic E-state index is -3.98. The van der Waals surface area contributed by atoms with Crippen molar-refractivity contribution in [3.63, 3.8) is 0 Å². The van der Waals surface area contributed by atoms with Gasteiger partial charge in [-0.1, -0.05) is 36.6 Å². The van der Waals surface area contributed by atoms with Crippen LogP contribution in [0.4, 0.5) is 4.79 Å². The molecule has 290 valence electrons. The summed E-state index contributed by atoms with van der Waals surface area (Å²) in [5, 5.41) is 7.23. The Morgan fingerprint density at radius 2 is 1.87 bits per heavy atom. The molecule has 1 aromatic heterocycles. The Morgan fingerprint density at radius 3 is 2.61 bits per heavy atom. The Morgan fingerprint density at radius 1 is 1.07 bits per heavy atom. The predicted octanol–water partition coefficient (Wildman–Crippen LogP) is 4.90. The third kappa shape index (κ3) is 6.82. The number of sulfonamides is 1. The molecule has 3 saturated carbocycles. The minimum absolute atomic E-state index is 0.0570. The van der Waals surface area contributed by atoms with E-state index in [9.17, 15) is 27.6 Å². The molecule has 6 aliphatic rings. The molecular weight excluding hydrogens is 734 g/mol. The quantitative estimate of drug-likeness (QED) is 0.357. The largest absolute Gasteiger partial charge is 0.483 e. The zero-order chi connectivity index (χ0) is 38.0. The highest BCUT2D eigenvalue weighted by Crippen LogP contribution is 2.49. The van der Waals surface area contributed by atoms with Crippen molar-refractivity contribution in [2.24, 2.45) is 5.92 Å². The van der Waals surface area contributed by atoms with E-state index in [1.165, 1.54) is 4.90 Å². The number of aryl methyl sites for hydroxylation is 2. The van der Waals surface area contributed by atoms with Crippen molar-refractivity contribution < 1.29 is 37.1 Å². The third-order valence-electron chi connectivity index (χ3n) is 12.6. The molecule has 1 aromatic carbocycles. The first-order valence-electron chi connectivity index (χ1n) is 19.3. The number of ether oxygens (including phenoxy) is 2. The molecule has 8 rings (SSSR count). The van der Waals surface area contributed by atoms with Crippen LogP contribution in [0, 0.1) is 12.8 Å². The van der Waals surface area contributed by atoms with Crippen LogP contribution in [-0.4, -0.2) is 82.7 Å². The summed E-state index contributed by atoms with van der Waals surface area (Å²) in [6, 6.07) is 3.50. The summed E-state index contributed by atoms with van der Waals surface area (Å²) in [4.78, 5) is 62.6. The van der Waals surface area contributed by atoms with E-state index in [-0.39, 0.29) is 25.5 Å². The predicted molar refractivity (Wildman–Crippen MR) is 200 cm³/mol. The number of nitrogens with one attached hydrogen (secondary N) is 3. The van der Waals surface area contributed by atoms with Gasteiger partial charge in [0, 0.05) is 28.3 Å². The van der Waals surface area contributed by atoms with E-state index in [1.807, 2.05) is 31.2 Å². The summed E-state index contributed by atoms with van der Waals surface area (Å²) in [6.45, 7) is 3.52. The zero-order valence-corrected chi connectivity index (χ0v) is 32.3. The number of rotatable bonds is 5. The van der Waals surface area contributed by atoms with Gasteiger partial charge < -0.3 is 25.0 Å². The Labute approximate surface area is 320 Å². The number of halogens is 1. The summed E-state index contributed by atoms with van der Waals surface area (Å²) < 4.78 is 40.1. The summed E-state index contributed by atoms with van der Waals surface area (Å²) in [7, 11) is -3.98. The van der Waals surface area contributed by atoms with Gasteiger partial charge in [0.1, 0.15) is 35.1 Å². The van der Waals surface area contributed by atoms with E-state index in [4.69, 9.17) is 26.1 Å². The molecule has 3 N–H and O–H groups in total. The Kier molecular flexibility index (Phi) is 9.38. The first-order valence-corrected chi connectivity index (χ1v) is 21.2. The van der Waals surface area contributed by atoms with Crippen LogP contribution in [0.15, 0.2) is 30.4 Å². The minimum Gasteiger partial charge on any atom is -0.483 e. The number of allylic oxidation sites excluding steroid dienone is 1. The maximum absolute atomic E-state index is 14.7. The smallest absolute Gasteiger partial charge is 0.408 e. The van der Waals surface area contributed by atoms with Crippen molar-refractivity contribution >= 4 is 56.3 Å². The molecule has 15 heteroatoms. The number of hydrogen-bond donors (Lipinski definition) is 3. The second kappa shape index (κ2) is 13.7. The number of fused-ring (bicyclic) bond motifs is 5. The average Bonchev–Trinajstić information content (AvgIpc) is 4.00. The molecule has 4 fully saturated rings. The number of pyridine rings is 1. The zero-order valence-electron chi connectivity index (χ0n) is 30.7. The lowest BCUT2D eigenvalue weighted by molar-refractivity contribution is -0.141. The first-order chi connectivity index (χ1) is 25.7. The highest BCUT2D eigenvalue weighted by molar-refractivity contribution is 7.91. The Hall–Kier alpha value is -3.91. The fraction of sp³-hybridized carbons (Fsp3) is 0.615. The van der Waals surface area contributed by atoms with Crippen LogP contribution in [0.1, 0.15) is 102 Å². The highest BCUT2D eigenvalue weighted by atomic mass is 35.5. The van der Waals surface area contributed by atoms with E-state index in [2.05, 4.69) is 15.4 Å². The van der Waals surface area contributed by atoms with Crippen molar-refractivity contribution in [3.05, 3.63) is 46.6 Å². The molecule has 0 bridgehead atoms. The van der Waals surface area contributed by atoms with E-state index in [1.54, 1.807) is 13.0 Å². The molecule has 2 aromatic rings. The van der Waals surface area contributed by atoms with Gasteiger partial charge in [-0.25, -0.2) is 18.2 Å². The number of nitrogens with zero attached hydrogens (tertiary/aromatic N) is 2. The number of benzene rings is 1. The molecule has 13 nitrogen and oxygen atoms in total. The van der Waals surface area contributed by atoms with Gasteiger partial charge in [0.05, 0.1) is 22.5 Å². The second-order valence-corrected chi connectivity index (χ2v) is 19.1. The monoisotopic (exact) mass is 781 g/mol. The van der Waals surface area contributed by atoms with E-state index in [0.717, 1.165) is 48.6 Å². The third-order valence-corrected chi connectivity index (χ3v) is 14.9. The normalized spacial score (nSPS) is 31.3. The number of carbonyl (C=O) groups is 4. The number of alkyl carbamates (subject to hydrolysis) is 1. The lowest BCUT2D eigenvalue weighted by Crippen LogP contribution is -2.58. The summed E-state index contributed by atoms with van der Waals surface area (Å²) in [5.74, 6) is -1.62. The van der Waals surface area contributed by atoms with Gasteiger partial charge in [-0.15, -0.1) is 0 Å². The molecule has 3 aliphatic heterocycles. The van der Waals surface area contributed by atoms with Crippen LogP contribution in [0.5, 0.6) is 5.75 Å². The number of aromatic nitrogens is 1. The van der Waals surface area contributed by atoms with E-state index < -0.39 is 67.7 Å². The van der Waals surface area contributed by atoms with E-state index >= 15 is 0 Å². The molecular formula is C39H48ClN5O8S. The molecule has 1 spiro atoms. The Balaban J connectivity index is 1.13. The summed E-state index contributed by atoms with van der Waals surface area (Å²) >= 11 is 6.38. The second-order valence-electron chi connectivity index (χ2n) is 16.5. The SMILES string of the molecule is Cc1nc2ccc(Cl)cc2c2c1O[C@]1(CC2)C[C@H]2C(=O)N[C@]3(C(=O)NS(=O)(=O)C4(C)CC4)C[C@H]3/C=C\CCCCC[C@H](NC(=O)OC3CCC3)C(=O)N2C1. The van der Waals surface area contributed by atoms with Gasteiger partial charge in [0.25, 0.3) is 5.91 Å². The van der Waals surface area contributed by atoms with Crippen LogP contribution in [0.2, 0.25) is 5.02 Å². The molecule has 5 atom stereocenters. The number of amides is 4. The number of hydrogen-bond acceptors (Lipinski definition) is 9. The van der Waals surface area contributed by atoms with Crippen molar-refractivity contribution in [1.29, 1.82) is 0 Å². The van der Waals surface area contributed by atoms with Gasteiger partial charge in [-0.2, -0.15) is 0 Å². The van der Waals surface area contributed by atoms with Crippen LogP contribution in [-0.2, 0) is 35.6 Å². The lowest BCUT2D eigenvalue weighted by Gasteiger charge is -2.36.